The minimum atomic E-state index is -0.287. The molecule has 1 saturated heterocycles. The number of rotatable bonds is 4. The monoisotopic (exact) mass is 449 g/mol. The maximum atomic E-state index is 13.3. The fraction of sp³-hybridized carbons (Fsp3) is 0.217. The van der Waals surface area contributed by atoms with E-state index in [0.717, 1.165) is 27.3 Å². The molecule has 1 fully saturated rings. The molecule has 0 N–H and O–H groups in total. The molecule has 2 aromatic heterocycles. The highest BCUT2D eigenvalue weighted by atomic mass is 32.1. The van der Waals surface area contributed by atoms with Crippen LogP contribution in [0.15, 0.2) is 54.9 Å². The molecule has 7 nitrogen and oxygen atoms in total. The number of methoxy groups -OCH3 is 1. The number of ether oxygens (including phenoxy) is 1. The van der Waals surface area contributed by atoms with Gasteiger partial charge in [-0.25, -0.2) is 14.4 Å². The zero-order valence-corrected chi connectivity index (χ0v) is 18.2. The van der Waals surface area contributed by atoms with E-state index >= 15 is 0 Å². The molecule has 3 heterocycles. The second-order valence-electron chi connectivity index (χ2n) is 7.42. The Morgan fingerprint density at radius 2 is 1.84 bits per heavy atom. The van der Waals surface area contributed by atoms with E-state index < -0.39 is 0 Å². The Labute approximate surface area is 188 Å². The molecule has 9 heteroatoms. The van der Waals surface area contributed by atoms with Crippen LogP contribution in [0.2, 0.25) is 0 Å². The van der Waals surface area contributed by atoms with E-state index in [1.54, 1.807) is 31.4 Å². The molecule has 162 valence electrons. The van der Waals surface area contributed by atoms with Gasteiger partial charge in [0.2, 0.25) is 0 Å². The van der Waals surface area contributed by atoms with Crippen molar-refractivity contribution < 1.29 is 13.9 Å². The molecular weight excluding hydrogens is 429 g/mol. The smallest absolute Gasteiger partial charge is 0.254 e. The molecule has 0 bridgehead atoms. The van der Waals surface area contributed by atoms with E-state index in [9.17, 15) is 9.18 Å². The summed E-state index contributed by atoms with van der Waals surface area (Å²) in [5, 5.41) is 0. The van der Waals surface area contributed by atoms with Crippen LogP contribution in [0.25, 0.3) is 21.5 Å². The lowest BCUT2D eigenvalue weighted by atomic mass is 10.1. The number of nitrogens with zero attached hydrogens (tertiary/aromatic N) is 5. The fourth-order valence-corrected chi connectivity index (χ4v) is 4.71. The summed E-state index contributed by atoms with van der Waals surface area (Å²) in [5.74, 6) is 1.19. The average molecular weight is 450 g/mol. The molecule has 4 aromatic rings. The van der Waals surface area contributed by atoms with Gasteiger partial charge >= 0.3 is 0 Å². The fourth-order valence-electron chi connectivity index (χ4n) is 3.83. The minimum Gasteiger partial charge on any atom is -0.497 e. The standard InChI is InChI=1S/C23H20FN5O2S/c1-31-18-4-2-3-16(13-18)23(30)29-11-9-28(10-12-29)22-21-20(25-14-26-22)19(27-32-21)15-5-7-17(24)8-6-15/h2-8,13-14H,9-12H2,1H3. The third-order valence-electron chi connectivity index (χ3n) is 5.54. The Morgan fingerprint density at radius 1 is 1.06 bits per heavy atom. The SMILES string of the molecule is COc1cccc(C(=O)N2CCN(c3ncnc4c(-c5ccc(F)cc5)nsc34)CC2)c1. The molecule has 0 atom stereocenters. The van der Waals surface area contributed by atoms with Crippen LogP contribution in [0, 0.1) is 5.82 Å². The second kappa shape index (κ2) is 8.51. The lowest BCUT2D eigenvalue weighted by Gasteiger charge is -2.35. The van der Waals surface area contributed by atoms with Crippen molar-refractivity contribution in [2.24, 2.45) is 0 Å². The summed E-state index contributed by atoms with van der Waals surface area (Å²) in [7, 11) is 1.59. The van der Waals surface area contributed by atoms with E-state index in [1.165, 1.54) is 30.0 Å². The van der Waals surface area contributed by atoms with Gasteiger partial charge in [0, 0.05) is 37.3 Å². The van der Waals surface area contributed by atoms with Gasteiger partial charge in [0.15, 0.2) is 5.82 Å². The Balaban J connectivity index is 1.35. The summed E-state index contributed by atoms with van der Waals surface area (Å²) in [5.41, 5.74) is 2.91. The number of hydrogen-bond acceptors (Lipinski definition) is 7. The summed E-state index contributed by atoms with van der Waals surface area (Å²) >= 11 is 1.34. The number of anilines is 1. The lowest BCUT2D eigenvalue weighted by Crippen LogP contribution is -2.49. The van der Waals surface area contributed by atoms with Gasteiger partial charge in [-0.1, -0.05) is 6.07 Å². The van der Waals surface area contributed by atoms with Crippen molar-refractivity contribution in [2.75, 3.05) is 38.2 Å². The van der Waals surface area contributed by atoms with Gasteiger partial charge in [0.1, 0.15) is 33.8 Å². The number of halogens is 1. The topological polar surface area (TPSA) is 71.5 Å². The van der Waals surface area contributed by atoms with Gasteiger partial charge in [-0.2, -0.15) is 4.37 Å². The summed E-state index contributed by atoms with van der Waals surface area (Å²) < 4.78 is 24.0. The molecule has 32 heavy (non-hydrogen) atoms. The van der Waals surface area contributed by atoms with Crippen molar-refractivity contribution in [1.82, 2.24) is 19.2 Å². The van der Waals surface area contributed by atoms with Crippen LogP contribution in [-0.2, 0) is 0 Å². The molecule has 1 aliphatic rings. The van der Waals surface area contributed by atoms with Gasteiger partial charge < -0.3 is 14.5 Å². The summed E-state index contributed by atoms with van der Waals surface area (Å²) in [6.07, 6.45) is 1.53. The van der Waals surface area contributed by atoms with Gasteiger partial charge in [0.25, 0.3) is 5.91 Å². The van der Waals surface area contributed by atoms with Crippen LogP contribution in [0.4, 0.5) is 10.2 Å². The highest BCUT2D eigenvalue weighted by Crippen LogP contribution is 2.34. The first-order valence-electron chi connectivity index (χ1n) is 10.2. The van der Waals surface area contributed by atoms with Crippen LogP contribution >= 0.6 is 11.5 Å². The molecule has 0 aliphatic carbocycles. The summed E-state index contributed by atoms with van der Waals surface area (Å²) in [6, 6.07) is 13.5. The predicted octanol–water partition coefficient (Wildman–Crippen LogP) is 3.86. The van der Waals surface area contributed by atoms with E-state index in [0.29, 0.717) is 37.5 Å². The van der Waals surface area contributed by atoms with Crippen molar-refractivity contribution in [3.63, 3.8) is 0 Å². The van der Waals surface area contributed by atoms with Crippen LogP contribution in [0.3, 0.4) is 0 Å². The van der Waals surface area contributed by atoms with E-state index in [2.05, 4.69) is 19.2 Å². The van der Waals surface area contributed by atoms with E-state index in [-0.39, 0.29) is 11.7 Å². The highest BCUT2D eigenvalue weighted by molar-refractivity contribution is 7.14. The molecule has 0 spiro atoms. The first-order chi connectivity index (χ1) is 15.6. The molecule has 0 saturated carbocycles. The summed E-state index contributed by atoms with van der Waals surface area (Å²) in [4.78, 5) is 25.8. The van der Waals surface area contributed by atoms with Gasteiger partial charge in [-0.05, 0) is 54.0 Å². The first-order valence-corrected chi connectivity index (χ1v) is 11.0. The van der Waals surface area contributed by atoms with Crippen LogP contribution in [0.5, 0.6) is 5.75 Å². The third-order valence-corrected chi connectivity index (χ3v) is 6.37. The zero-order chi connectivity index (χ0) is 22.1. The molecule has 1 amide bonds. The largest absolute Gasteiger partial charge is 0.497 e. The van der Waals surface area contributed by atoms with Crippen LogP contribution in [0.1, 0.15) is 10.4 Å². The van der Waals surface area contributed by atoms with Crippen molar-refractivity contribution in [1.29, 1.82) is 0 Å². The maximum Gasteiger partial charge on any atom is 0.254 e. The lowest BCUT2D eigenvalue weighted by molar-refractivity contribution is 0.0746. The Kier molecular flexibility index (Phi) is 5.40. The average Bonchev–Trinajstić information content (AvgIpc) is 3.28. The molecular formula is C23H20FN5O2S. The number of carbonyl (C=O) groups is 1. The normalized spacial score (nSPS) is 14.1. The van der Waals surface area contributed by atoms with Gasteiger partial charge in [0.05, 0.1) is 7.11 Å². The van der Waals surface area contributed by atoms with Crippen LogP contribution in [-0.4, -0.2) is 58.4 Å². The quantitative estimate of drug-likeness (QED) is 0.471. The Morgan fingerprint density at radius 3 is 2.59 bits per heavy atom. The predicted molar refractivity (Wildman–Crippen MR) is 122 cm³/mol. The number of piperazine rings is 1. The molecule has 0 unspecified atom stereocenters. The highest BCUT2D eigenvalue weighted by Gasteiger charge is 2.25. The number of hydrogen-bond donors (Lipinski definition) is 0. The van der Waals surface area contributed by atoms with Crippen molar-refractivity contribution >= 4 is 33.5 Å². The Bertz CT molecular complexity index is 1270. The van der Waals surface area contributed by atoms with E-state index in [1.807, 2.05) is 17.0 Å². The molecule has 5 rings (SSSR count). The Hall–Kier alpha value is -3.59. The third kappa shape index (κ3) is 3.75. The van der Waals surface area contributed by atoms with Crippen molar-refractivity contribution in [3.05, 3.63) is 66.2 Å². The maximum absolute atomic E-state index is 13.3. The second-order valence-corrected chi connectivity index (χ2v) is 8.20. The number of carbonyl (C=O) groups excluding carboxylic acids is 1. The minimum absolute atomic E-state index is 0.00669. The van der Waals surface area contributed by atoms with Gasteiger partial charge in [-0.15, -0.1) is 0 Å². The van der Waals surface area contributed by atoms with E-state index in [4.69, 9.17) is 4.74 Å². The van der Waals surface area contributed by atoms with Crippen molar-refractivity contribution in [3.8, 4) is 17.0 Å². The number of benzene rings is 2. The number of amides is 1. The molecule has 1 aliphatic heterocycles. The molecule has 2 aromatic carbocycles. The molecule has 0 radical (unpaired) electrons. The summed E-state index contributed by atoms with van der Waals surface area (Å²) in [6.45, 7) is 2.49. The zero-order valence-electron chi connectivity index (χ0n) is 17.4. The number of aromatic nitrogens is 3. The van der Waals surface area contributed by atoms with Gasteiger partial charge in [-0.3, -0.25) is 4.79 Å². The first kappa shape index (κ1) is 20.3. The van der Waals surface area contributed by atoms with Crippen LogP contribution < -0.4 is 9.64 Å². The number of fused-ring (bicyclic) bond motifs is 1. The van der Waals surface area contributed by atoms with Crippen molar-refractivity contribution in [2.45, 2.75) is 0 Å².